The Hall–Kier alpha value is -0.980. The van der Waals surface area contributed by atoms with Crippen LogP contribution in [-0.4, -0.2) is 9.79 Å². The van der Waals surface area contributed by atoms with Gasteiger partial charge in [-0.25, -0.2) is 13.2 Å². The van der Waals surface area contributed by atoms with Gasteiger partial charge in [0.1, 0.15) is 0 Å². The summed E-state index contributed by atoms with van der Waals surface area (Å²) in [7, 11) is -3.28. The van der Waals surface area contributed by atoms with Gasteiger partial charge in [0.25, 0.3) is 0 Å². The number of hydrogen-bond acceptors (Lipinski definition) is 3. The van der Waals surface area contributed by atoms with Crippen LogP contribution in [0.15, 0.2) is 0 Å². The molecule has 0 saturated carbocycles. The fourth-order valence-electron chi connectivity index (χ4n) is 0.747. The fraction of sp³-hybridized carbons (Fsp3) is 0. The van der Waals surface area contributed by atoms with E-state index in [9.17, 15) is 22.0 Å². The molecular weight excluding hydrogens is 246 g/mol. The van der Waals surface area contributed by atoms with Crippen LogP contribution in [0.4, 0.5) is 22.0 Å². The van der Waals surface area contributed by atoms with Crippen molar-refractivity contribution < 1.29 is 36.3 Å². The first kappa shape index (κ1) is 12.1. The van der Waals surface area contributed by atoms with Gasteiger partial charge in [-0.1, -0.05) is 0 Å². The molecule has 84 valence electrons. The largest absolute Gasteiger partial charge is 0.420 e. The predicted octanol–water partition coefficient (Wildman–Crippen LogP) is 1.97. The summed E-state index contributed by atoms with van der Waals surface area (Å²) in [5, 5.41) is 0. The molecule has 0 aliphatic carbocycles. The molecule has 0 fully saturated rings. The first-order valence-corrected chi connectivity index (χ1v) is 4.40. The van der Waals surface area contributed by atoms with E-state index in [1.807, 2.05) is 0 Å². The van der Waals surface area contributed by atoms with Crippen molar-refractivity contribution in [2.75, 3.05) is 0 Å². The average molecular weight is 248 g/mol. The maximum atomic E-state index is 12.7. The molecule has 0 radical (unpaired) electrons. The predicted molar refractivity (Wildman–Crippen MR) is 38.2 cm³/mol. The van der Waals surface area contributed by atoms with Crippen LogP contribution in [0.5, 0.6) is 5.75 Å². The molecule has 9 heteroatoms. The van der Waals surface area contributed by atoms with Crippen LogP contribution in [0, 0.1) is 29.1 Å². The quantitative estimate of drug-likeness (QED) is 0.364. The average Bonchev–Trinajstić information content (AvgIpc) is 2.18. The van der Waals surface area contributed by atoms with Gasteiger partial charge in [0.05, 0.1) is 0 Å². The van der Waals surface area contributed by atoms with Crippen LogP contribution >= 0.6 is 8.60 Å². The zero-order valence-corrected chi connectivity index (χ0v) is 7.53. The normalized spacial score (nSPS) is 10.9. The Morgan fingerprint density at radius 1 is 0.733 bits per heavy atom. The first-order valence-electron chi connectivity index (χ1n) is 3.23. The van der Waals surface area contributed by atoms with Crippen molar-refractivity contribution in [2.45, 2.75) is 0 Å². The Morgan fingerprint density at radius 3 is 1.40 bits per heavy atom. The zero-order chi connectivity index (χ0) is 11.7. The fourth-order valence-corrected chi connectivity index (χ4v) is 1.07. The Balaban J connectivity index is 3.39. The minimum atomic E-state index is -3.28. The summed E-state index contributed by atoms with van der Waals surface area (Å²) in [5.41, 5.74) is 0. The number of hydrogen-bond donors (Lipinski definition) is 2. The van der Waals surface area contributed by atoms with E-state index in [-0.39, 0.29) is 0 Å². The first-order chi connectivity index (χ1) is 6.86. The lowest BCUT2D eigenvalue weighted by molar-refractivity contribution is 0.320. The molecule has 0 aromatic heterocycles. The lowest BCUT2D eigenvalue weighted by Crippen LogP contribution is -2.04. The van der Waals surface area contributed by atoms with Crippen LogP contribution in [0.1, 0.15) is 0 Å². The summed E-state index contributed by atoms with van der Waals surface area (Å²) < 4.78 is 66.4. The maximum Gasteiger partial charge on any atom is 0.391 e. The van der Waals surface area contributed by atoms with Crippen LogP contribution < -0.4 is 4.52 Å². The van der Waals surface area contributed by atoms with Crippen molar-refractivity contribution >= 4 is 8.60 Å². The summed E-state index contributed by atoms with van der Waals surface area (Å²) in [6.45, 7) is 0. The Bertz CT molecular complexity index is 368. The van der Waals surface area contributed by atoms with Gasteiger partial charge >= 0.3 is 8.60 Å². The summed E-state index contributed by atoms with van der Waals surface area (Å²) in [4.78, 5) is 16.5. The molecule has 0 atom stereocenters. The molecule has 0 bridgehead atoms. The molecule has 15 heavy (non-hydrogen) atoms. The molecule has 0 aliphatic heterocycles. The van der Waals surface area contributed by atoms with Crippen molar-refractivity contribution in [3.63, 3.8) is 0 Å². The summed E-state index contributed by atoms with van der Waals surface area (Å²) in [6, 6.07) is 0. The molecule has 0 amide bonds. The molecule has 1 aromatic carbocycles. The highest BCUT2D eigenvalue weighted by Crippen LogP contribution is 2.36. The van der Waals surface area contributed by atoms with E-state index in [1.165, 1.54) is 0 Å². The van der Waals surface area contributed by atoms with Crippen LogP contribution in [-0.2, 0) is 0 Å². The molecule has 0 unspecified atom stereocenters. The second-order valence-electron chi connectivity index (χ2n) is 2.24. The number of rotatable bonds is 2. The van der Waals surface area contributed by atoms with Gasteiger partial charge in [-0.05, 0) is 0 Å². The smallest absolute Gasteiger partial charge is 0.391 e. The molecular formula is C6H2F5O3P. The molecule has 0 heterocycles. The van der Waals surface area contributed by atoms with E-state index < -0.39 is 43.4 Å². The lowest BCUT2D eigenvalue weighted by atomic mass is 10.3. The zero-order valence-electron chi connectivity index (χ0n) is 6.64. The van der Waals surface area contributed by atoms with E-state index >= 15 is 0 Å². The van der Waals surface area contributed by atoms with Crippen molar-refractivity contribution in [2.24, 2.45) is 0 Å². The topological polar surface area (TPSA) is 49.7 Å². The third-order valence-corrected chi connectivity index (χ3v) is 1.69. The Labute approximate surface area is 80.7 Å². The highest BCUT2D eigenvalue weighted by Gasteiger charge is 2.28. The second kappa shape index (κ2) is 4.26. The highest BCUT2D eigenvalue weighted by molar-refractivity contribution is 7.39. The molecule has 1 aromatic rings. The number of halogens is 5. The van der Waals surface area contributed by atoms with Gasteiger partial charge in [-0.2, -0.15) is 8.78 Å². The van der Waals surface area contributed by atoms with Crippen molar-refractivity contribution in [1.82, 2.24) is 0 Å². The molecule has 3 nitrogen and oxygen atoms in total. The van der Waals surface area contributed by atoms with Gasteiger partial charge in [0.2, 0.25) is 34.8 Å². The third-order valence-electron chi connectivity index (χ3n) is 1.34. The SMILES string of the molecule is OP(O)Oc1c(F)c(F)c(F)c(F)c1F. The Morgan fingerprint density at radius 2 is 1.07 bits per heavy atom. The van der Waals surface area contributed by atoms with E-state index in [4.69, 9.17) is 9.79 Å². The molecule has 2 N–H and O–H groups in total. The maximum absolute atomic E-state index is 12.7. The highest BCUT2D eigenvalue weighted by atomic mass is 31.2. The number of benzene rings is 1. The van der Waals surface area contributed by atoms with Gasteiger partial charge < -0.3 is 14.3 Å². The monoisotopic (exact) mass is 248 g/mol. The van der Waals surface area contributed by atoms with Crippen LogP contribution in [0.2, 0.25) is 0 Å². The minimum absolute atomic E-state index is 1.72. The molecule has 0 aliphatic rings. The van der Waals surface area contributed by atoms with Crippen molar-refractivity contribution in [1.29, 1.82) is 0 Å². The van der Waals surface area contributed by atoms with Gasteiger partial charge in [0, 0.05) is 0 Å². The van der Waals surface area contributed by atoms with E-state index in [1.54, 1.807) is 0 Å². The van der Waals surface area contributed by atoms with Crippen molar-refractivity contribution in [3.8, 4) is 5.75 Å². The summed E-state index contributed by atoms with van der Waals surface area (Å²) in [5.74, 6) is -13.0. The molecule has 0 saturated heterocycles. The van der Waals surface area contributed by atoms with Crippen LogP contribution in [0.25, 0.3) is 0 Å². The minimum Gasteiger partial charge on any atom is -0.420 e. The summed E-state index contributed by atoms with van der Waals surface area (Å²) in [6.07, 6.45) is 0. The van der Waals surface area contributed by atoms with Crippen LogP contribution in [0.3, 0.4) is 0 Å². The lowest BCUT2D eigenvalue weighted by Gasteiger charge is -2.09. The van der Waals surface area contributed by atoms with E-state index in [2.05, 4.69) is 4.52 Å². The van der Waals surface area contributed by atoms with E-state index in [0.717, 1.165) is 0 Å². The van der Waals surface area contributed by atoms with Gasteiger partial charge in [-0.15, -0.1) is 0 Å². The van der Waals surface area contributed by atoms with Gasteiger partial charge in [0.15, 0.2) is 0 Å². The Kier molecular flexibility index (Phi) is 3.43. The second-order valence-corrected chi connectivity index (χ2v) is 2.93. The molecule has 1 rings (SSSR count). The third kappa shape index (κ3) is 2.17. The summed E-state index contributed by atoms with van der Waals surface area (Å²) >= 11 is 0. The van der Waals surface area contributed by atoms with Gasteiger partial charge in [-0.3, -0.25) is 0 Å². The van der Waals surface area contributed by atoms with Crippen molar-refractivity contribution in [3.05, 3.63) is 29.1 Å². The van der Waals surface area contributed by atoms with E-state index in [0.29, 0.717) is 0 Å². The standard InChI is InChI=1S/C6H2F5O3P/c7-1-2(8)4(10)6(14-15(12)13)5(11)3(1)9/h12-13H. The molecule has 0 spiro atoms.